The van der Waals surface area contributed by atoms with Crippen LogP contribution in [0.25, 0.3) is 0 Å². The SMILES string of the molecule is COc1ccc(Cl)cc1C(=O)Oc1ccc(Cl)cc1/C=N/NC(=O)c1ccc(Br)cc1. The highest BCUT2D eigenvalue weighted by atomic mass is 79.9. The molecular formula is C22H15BrCl2N2O4. The molecule has 0 radical (unpaired) electrons. The summed E-state index contributed by atoms with van der Waals surface area (Å²) in [6.45, 7) is 0. The van der Waals surface area contributed by atoms with Crippen LogP contribution in [0.3, 0.4) is 0 Å². The van der Waals surface area contributed by atoms with Crippen LogP contribution in [0.1, 0.15) is 26.3 Å². The van der Waals surface area contributed by atoms with Gasteiger partial charge in [0.1, 0.15) is 17.1 Å². The van der Waals surface area contributed by atoms with Gasteiger partial charge >= 0.3 is 5.97 Å². The van der Waals surface area contributed by atoms with Crippen molar-refractivity contribution < 1.29 is 19.1 Å². The van der Waals surface area contributed by atoms with E-state index >= 15 is 0 Å². The number of carbonyl (C=O) groups is 2. The molecule has 1 amide bonds. The smallest absolute Gasteiger partial charge is 0.347 e. The van der Waals surface area contributed by atoms with Crippen LogP contribution in [0, 0.1) is 0 Å². The molecule has 31 heavy (non-hydrogen) atoms. The van der Waals surface area contributed by atoms with Gasteiger partial charge in [-0.3, -0.25) is 4.79 Å². The van der Waals surface area contributed by atoms with Crippen molar-refractivity contribution in [3.05, 3.63) is 91.9 Å². The Morgan fingerprint density at radius 3 is 2.29 bits per heavy atom. The standard InChI is InChI=1S/C22H15BrCl2N2O4/c1-30-20-9-7-17(25)11-18(20)22(29)31-19-8-6-16(24)10-14(19)12-26-27-21(28)13-2-4-15(23)5-3-13/h2-12H,1H3,(H,27,28)/b26-12+. The first kappa shape index (κ1) is 22.8. The number of esters is 1. The number of nitrogens with one attached hydrogen (secondary N) is 1. The van der Waals surface area contributed by atoms with Crippen LogP contribution in [0.15, 0.2) is 70.2 Å². The molecule has 0 bridgehead atoms. The lowest BCUT2D eigenvalue weighted by Crippen LogP contribution is -2.17. The van der Waals surface area contributed by atoms with Crippen molar-refractivity contribution in [2.75, 3.05) is 7.11 Å². The van der Waals surface area contributed by atoms with E-state index in [1.54, 1.807) is 48.5 Å². The maximum atomic E-state index is 12.7. The molecule has 3 aromatic carbocycles. The molecule has 0 unspecified atom stereocenters. The van der Waals surface area contributed by atoms with Gasteiger partial charge in [0.2, 0.25) is 0 Å². The van der Waals surface area contributed by atoms with Gasteiger partial charge in [-0.15, -0.1) is 0 Å². The quantitative estimate of drug-likeness (QED) is 0.194. The molecular weight excluding hydrogens is 507 g/mol. The fourth-order valence-electron chi connectivity index (χ4n) is 2.53. The second-order valence-corrected chi connectivity index (χ2v) is 7.91. The summed E-state index contributed by atoms with van der Waals surface area (Å²) in [5, 5.41) is 4.70. The summed E-state index contributed by atoms with van der Waals surface area (Å²) < 4.78 is 11.5. The number of carbonyl (C=O) groups excluding carboxylic acids is 2. The first-order valence-electron chi connectivity index (χ1n) is 8.81. The minimum absolute atomic E-state index is 0.163. The largest absolute Gasteiger partial charge is 0.496 e. The van der Waals surface area contributed by atoms with Gasteiger partial charge in [-0.25, -0.2) is 10.2 Å². The number of ether oxygens (including phenoxy) is 2. The van der Waals surface area contributed by atoms with Crippen molar-refractivity contribution >= 4 is 57.2 Å². The molecule has 1 N–H and O–H groups in total. The van der Waals surface area contributed by atoms with E-state index in [-0.39, 0.29) is 11.3 Å². The predicted molar refractivity (Wildman–Crippen MR) is 124 cm³/mol. The third-order valence-electron chi connectivity index (χ3n) is 4.03. The zero-order valence-electron chi connectivity index (χ0n) is 16.1. The topological polar surface area (TPSA) is 77.0 Å². The summed E-state index contributed by atoms with van der Waals surface area (Å²) in [4.78, 5) is 24.9. The van der Waals surface area contributed by atoms with Gasteiger partial charge in [0.15, 0.2) is 0 Å². The molecule has 3 rings (SSSR count). The van der Waals surface area contributed by atoms with Crippen LogP contribution in [0.2, 0.25) is 10.0 Å². The van der Waals surface area contributed by atoms with E-state index in [4.69, 9.17) is 32.7 Å². The highest BCUT2D eigenvalue weighted by molar-refractivity contribution is 9.10. The van der Waals surface area contributed by atoms with Crippen molar-refractivity contribution in [2.24, 2.45) is 5.10 Å². The Bertz CT molecular complexity index is 1150. The summed E-state index contributed by atoms with van der Waals surface area (Å²) in [6, 6.07) is 16.1. The van der Waals surface area contributed by atoms with Gasteiger partial charge in [0, 0.05) is 25.6 Å². The third kappa shape index (κ3) is 6.07. The molecule has 0 spiro atoms. The number of nitrogens with zero attached hydrogens (tertiary/aromatic N) is 1. The first-order valence-corrected chi connectivity index (χ1v) is 10.4. The molecule has 3 aromatic rings. The number of halogens is 3. The van der Waals surface area contributed by atoms with E-state index in [2.05, 4.69) is 26.5 Å². The number of hydrogen-bond donors (Lipinski definition) is 1. The van der Waals surface area contributed by atoms with Gasteiger partial charge in [0.25, 0.3) is 5.91 Å². The lowest BCUT2D eigenvalue weighted by atomic mass is 10.2. The van der Waals surface area contributed by atoms with Gasteiger partial charge in [0.05, 0.1) is 13.3 Å². The minimum Gasteiger partial charge on any atom is -0.496 e. The molecule has 0 aliphatic heterocycles. The maximum absolute atomic E-state index is 12.7. The van der Waals surface area contributed by atoms with Crippen LogP contribution in [-0.2, 0) is 0 Å². The Morgan fingerprint density at radius 2 is 1.61 bits per heavy atom. The molecule has 158 valence electrons. The second-order valence-electron chi connectivity index (χ2n) is 6.12. The molecule has 0 saturated heterocycles. The normalized spacial score (nSPS) is 10.7. The maximum Gasteiger partial charge on any atom is 0.347 e. The van der Waals surface area contributed by atoms with Gasteiger partial charge in [-0.1, -0.05) is 39.1 Å². The monoisotopic (exact) mass is 520 g/mol. The fraction of sp³-hybridized carbons (Fsp3) is 0.0455. The lowest BCUT2D eigenvalue weighted by Gasteiger charge is -2.11. The summed E-state index contributed by atoms with van der Waals surface area (Å²) in [5.74, 6) is -0.554. The second kappa shape index (κ2) is 10.4. The van der Waals surface area contributed by atoms with Crippen LogP contribution >= 0.6 is 39.1 Å². The number of hydrazone groups is 1. The molecule has 0 aliphatic carbocycles. The highest BCUT2D eigenvalue weighted by Gasteiger charge is 2.17. The number of methoxy groups -OCH3 is 1. The van der Waals surface area contributed by atoms with Crippen LogP contribution < -0.4 is 14.9 Å². The van der Waals surface area contributed by atoms with Crippen molar-refractivity contribution in [1.29, 1.82) is 0 Å². The van der Waals surface area contributed by atoms with E-state index in [9.17, 15) is 9.59 Å². The zero-order valence-corrected chi connectivity index (χ0v) is 19.2. The van der Waals surface area contributed by atoms with Gasteiger partial charge in [-0.2, -0.15) is 5.10 Å². The Balaban J connectivity index is 1.78. The highest BCUT2D eigenvalue weighted by Crippen LogP contribution is 2.27. The Hall–Kier alpha value is -2.87. The third-order valence-corrected chi connectivity index (χ3v) is 5.03. The van der Waals surface area contributed by atoms with Crippen LogP contribution in [-0.4, -0.2) is 25.2 Å². The predicted octanol–water partition coefficient (Wildman–Crippen LogP) is 5.75. The van der Waals surface area contributed by atoms with E-state index in [1.807, 2.05) is 0 Å². The molecule has 0 saturated carbocycles. The average Bonchev–Trinajstić information content (AvgIpc) is 2.75. The number of hydrogen-bond acceptors (Lipinski definition) is 5. The van der Waals surface area contributed by atoms with Crippen LogP contribution in [0.5, 0.6) is 11.5 Å². The van der Waals surface area contributed by atoms with Crippen molar-refractivity contribution in [2.45, 2.75) is 0 Å². The van der Waals surface area contributed by atoms with Crippen LogP contribution in [0.4, 0.5) is 0 Å². The van der Waals surface area contributed by atoms with E-state index in [0.717, 1.165) is 4.47 Å². The number of benzene rings is 3. The number of amides is 1. The van der Waals surface area contributed by atoms with Gasteiger partial charge in [-0.05, 0) is 60.7 Å². The molecule has 0 fully saturated rings. The van der Waals surface area contributed by atoms with Gasteiger partial charge < -0.3 is 9.47 Å². The molecule has 6 nitrogen and oxygen atoms in total. The first-order chi connectivity index (χ1) is 14.9. The molecule has 9 heteroatoms. The van der Waals surface area contributed by atoms with Crippen molar-refractivity contribution in [1.82, 2.24) is 5.43 Å². The van der Waals surface area contributed by atoms with Crippen molar-refractivity contribution in [3.63, 3.8) is 0 Å². The number of rotatable bonds is 6. The fourth-order valence-corrected chi connectivity index (χ4v) is 3.15. The Labute approximate surface area is 196 Å². The lowest BCUT2D eigenvalue weighted by molar-refractivity contribution is 0.0730. The summed E-state index contributed by atoms with van der Waals surface area (Å²) in [6.07, 6.45) is 1.33. The van der Waals surface area contributed by atoms with E-state index in [1.165, 1.54) is 25.5 Å². The molecule has 0 heterocycles. The summed E-state index contributed by atoms with van der Waals surface area (Å²) >= 11 is 15.4. The average molecular weight is 522 g/mol. The minimum atomic E-state index is -0.671. The Kier molecular flexibility index (Phi) is 7.68. The zero-order chi connectivity index (χ0) is 22.4. The summed E-state index contributed by atoms with van der Waals surface area (Å²) in [7, 11) is 1.44. The summed E-state index contributed by atoms with van der Waals surface area (Å²) in [5.41, 5.74) is 3.41. The van der Waals surface area contributed by atoms with Crippen molar-refractivity contribution in [3.8, 4) is 11.5 Å². The van der Waals surface area contributed by atoms with E-state index in [0.29, 0.717) is 26.9 Å². The molecule has 0 aliphatic rings. The molecule has 0 atom stereocenters. The molecule has 0 aromatic heterocycles. The Morgan fingerprint density at radius 1 is 0.968 bits per heavy atom. The van der Waals surface area contributed by atoms with E-state index < -0.39 is 11.9 Å².